The average Bonchev–Trinajstić information content (AvgIpc) is 2.94. The van der Waals surface area contributed by atoms with Gasteiger partial charge in [0.05, 0.1) is 5.52 Å². The van der Waals surface area contributed by atoms with Gasteiger partial charge in [-0.1, -0.05) is 25.1 Å². The first-order valence-electron chi connectivity index (χ1n) is 6.38. The Hall–Kier alpha value is -1.71. The van der Waals surface area contributed by atoms with E-state index in [1.165, 1.54) is 5.56 Å². The van der Waals surface area contributed by atoms with E-state index in [1.54, 1.807) is 17.5 Å². The summed E-state index contributed by atoms with van der Waals surface area (Å²) in [6, 6.07) is 12.0. The standard InChI is InChI=1S/C16H15NOS/c1-2-11-7-9-19-16(11)15(18)13-6-5-12-4-3-8-17-14(12)10-13/h3-10,15,18H,2H2,1H3. The predicted octanol–water partition coefficient (Wildman–Crippen LogP) is 3.94. The van der Waals surface area contributed by atoms with Gasteiger partial charge in [0.25, 0.3) is 0 Å². The molecule has 1 unspecified atom stereocenters. The Kier molecular flexibility index (Phi) is 3.32. The Morgan fingerprint density at radius 3 is 3.00 bits per heavy atom. The number of fused-ring (bicyclic) bond motifs is 1. The predicted molar refractivity (Wildman–Crippen MR) is 79.5 cm³/mol. The van der Waals surface area contributed by atoms with E-state index in [2.05, 4.69) is 18.0 Å². The van der Waals surface area contributed by atoms with Crippen molar-refractivity contribution in [2.24, 2.45) is 0 Å². The van der Waals surface area contributed by atoms with Gasteiger partial charge in [0.2, 0.25) is 0 Å². The number of rotatable bonds is 3. The number of aliphatic hydroxyl groups excluding tert-OH is 1. The van der Waals surface area contributed by atoms with Gasteiger partial charge in [-0.15, -0.1) is 11.3 Å². The van der Waals surface area contributed by atoms with E-state index in [4.69, 9.17) is 0 Å². The SMILES string of the molecule is CCc1ccsc1C(O)c1ccc2cccnc2c1. The Morgan fingerprint density at radius 2 is 2.16 bits per heavy atom. The number of hydrogen-bond acceptors (Lipinski definition) is 3. The zero-order valence-electron chi connectivity index (χ0n) is 10.7. The van der Waals surface area contributed by atoms with E-state index in [9.17, 15) is 5.11 Å². The maximum Gasteiger partial charge on any atom is 0.114 e. The zero-order valence-corrected chi connectivity index (χ0v) is 11.5. The molecule has 0 bridgehead atoms. The average molecular weight is 269 g/mol. The first-order chi connectivity index (χ1) is 9.29. The molecule has 0 radical (unpaired) electrons. The lowest BCUT2D eigenvalue weighted by Gasteiger charge is -2.12. The molecule has 1 atom stereocenters. The van der Waals surface area contributed by atoms with Gasteiger partial charge in [-0.05, 0) is 41.1 Å². The number of aromatic nitrogens is 1. The van der Waals surface area contributed by atoms with Crippen LogP contribution >= 0.6 is 11.3 Å². The van der Waals surface area contributed by atoms with Crippen molar-refractivity contribution < 1.29 is 5.11 Å². The minimum Gasteiger partial charge on any atom is -0.383 e. The van der Waals surface area contributed by atoms with Crippen LogP contribution in [0.4, 0.5) is 0 Å². The van der Waals surface area contributed by atoms with Gasteiger partial charge in [-0.3, -0.25) is 4.98 Å². The molecule has 0 fully saturated rings. The summed E-state index contributed by atoms with van der Waals surface area (Å²) in [5.41, 5.74) is 3.05. The van der Waals surface area contributed by atoms with Crippen molar-refractivity contribution in [3.05, 3.63) is 64.0 Å². The van der Waals surface area contributed by atoms with Crippen LogP contribution in [0.25, 0.3) is 10.9 Å². The molecular weight excluding hydrogens is 254 g/mol. The van der Waals surface area contributed by atoms with Crippen molar-refractivity contribution in [2.45, 2.75) is 19.4 Å². The minimum atomic E-state index is -0.554. The summed E-state index contributed by atoms with van der Waals surface area (Å²) >= 11 is 1.61. The smallest absolute Gasteiger partial charge is 0.114 e. The highest BCUT2D eigenvalue weighted by molar-refractivity contribution is 7.10. The summed E-state index contributed by atoms with van der Waals surface area (Å²) in [5, 5.41) is 13.7. The molecule has 2 nitrogen and oxygen atoms in total. The van der Waals surface area contributed by atoms with Crippen molar-refractivity contribution in [3.8, 4) is 0 Å². The lowest BCUT2D eigenvalue weighted by Crippen LogP contribution is -2.00. The van der Waals surface area contributed by atoms with Gasteiger partial charge >= 0.3 is 0 Å². The highest BCUT2D eigenvalue weighted by Crippen LogP contribution is 2.31. The second kappa shape index (κ2) is 5.11. The Labute approximate surface area is 116 Å². The number of hydrogen-bond donors (Lipinski definition) is 1. The van der Waals surface area contributed by atoms with Gasteiger partial charge in [-0.2, -0.15) is 0 Å². The molecule has 3 heteroatoms. The van der Waals surface area contributed by atoms with Gasteiger partial charge in [0, 0.05) is 16.5 Å². The molecule has 1 aromatic carbocycles. The molecule has 96 valence electrons. The summed E-state index contributed by atoms with van der Waals surface area (Å²) in [4.78, 5) is 5.38. The van der Waals surface area contributed by atoms with Gasteiger partial charge in [-0.25, -0.2) is 0 Å². The molecular formula is C16H15NOS. The molecule has 2 aromatic heterocycles. The van der Waals surface area contributed by atoms with Crippen LogP contribution in [0.3, 0.4) is 0 Å². The molecule has 3 rings (SSSR count). The first kappa shape index (κ1) is 12.3. The van der Waals surface area contributed by atoms with E-state index < -0.39 is 6.10 Å². The van der Waals surface area contributed by atoms with E-state index in [1.807, 2.05) is 35.7 Å². The van der Waals surface area contributed by atoms with Crippen LogP contribution in [0.15, 0.2) is 48.0 Å². The molecule has 2 heterocycles. The fourth-order valence-corrected chi connectivity index (χ4v) is 3.29. The molecule has 19 heavy (non-hydrogen) atoms. The van der Waals surface area contributed by atoms with E-state index in [-0.39, 0.29) is 0 Å². The largest absolute Gasteiger partial charge is 0.383 e. The maximum atomic E-state index is 10.5. The van der Waals surface area contributed by atoms with Crippen LogP contribution in [0.1, 0.15) is 29.0 Å². The molecule has 0 amide bonds. The second-order valence-electron chi connectivity index (χ2n) is 4.52. The fraction of sp³-hybridized carbons (Fsp3) is 0.188. The Bertz CT molecular complexity index is 705. The van der Waals surface area contributed by atoms with Crippen molar-refractivity contribution in [1.82, 2.24) is 4.98 Å². The quantitative estimate of drug-likeness (QED) is 0.781. The summed E-state index contributed by atoms with van der Waals surface area (Å²) in [7, 11) is 0. The normalized spacial score (nSPS) is 12.7. The van der Waals surface area contributed by atoms with E-state index in [0.29, 0.717) is 0 Å². The lowest BCUT2D eigenvalue weighted by molar-refractivity contribution is 0.223. The summed E-state index contributed by atoms with van der Waals surface area (Å²) in [6.07, 6.45) is 2.17. The highest BCUT2D eigenvalue weighted by atomic mass is 32.1. The van der Waals surface area contributed by atoms with Crippen LogP contribution in [-0.2, 0) is 6.42 Å². The molecule has 0 aliphatic rings. The summed E-state index contributed by atoms with van der Waals surface area (Å²) in [5.74, 6) is 0. The van der Waals surface area contributed by atoms with Crippen LogP contribution in [-0.4, -0.2) is 10.1 Å². The number of aliphatic hydroxyl groups is 1. The number of thiophene rings is 1. The van der Waals surface area contributed by atoms with Crippen molar-refractivity contribution >= 4 is 22.2 Å². The van der Waals surface area contributed by atoms with Crippen LogP contribution in [0, 0.1) is 0 Å². The van der Waals surface area contributed by atoms with E-state index in [0.717, 1.165) is 27.8 Å². The number of nitrogens with zero attached hydrogens (tertiary/aromatic N) is 1. The number of benzene rings is 1. The Morgan fingerprint density at radius 1 is 1.26 bits per heavy atom. The lowest BCUT2D eigenvalue weighted by atomic mass is 10.0. The monoisotopic (exact) mass is 269 g/mol. The van der Waals surface area contributed by atoms with Crippen molar-refractivity contribution in [3.63, 3.8) is 0 Å². The molecule has 0 aliphatic heterocycles. The van der Waals surface area contributed by atoms with Gasteiger partial charge < -0.3 is 5.11 Å². The van der Waals surface area contributed by atoms with Crippen LogP contribution in [0.5, 0.6) is 0 Å². The maximum absolute atomic E-state index is 10.5. The zero-order chi connectivity index (χ0) is 13.2. The van der Waals surface area contributed by atoms with E-state index >= 15 is 0 Å². The molecule has 0 aliphatic carbocycles. The number of pyridine rings is 1. The van der Waals surface area contributed by atoms with Gasteiger partial charge in [0.1, 0.15) is 6.10 Å². The van der Waals surface area contributed by atoms with Crippen LogP contribution < -0.4 is 0 Å². The topological polar surface area (TPSA) is 33.1 Å². The molecule has 0 saturated heterocycles. The van der Waals surface area contributed by atoms with Crippen molar-refractivity contribution in [1.29, 1.82) is 0 Å². The third-order valence-corrected chi connectivity index (χ3v) is 4.37. The fourth-order valence-electron chi connectivity index (χ4n) is 2.28. The molecule has 3 aromatic rings. The van der Waals surface area contributed by atoms with Crippen LogP contribution in [0.2, 0.25) is 0 Å². The molecule has 0 spiro atoms. The second-order valence-corrected chi connectivity index (χ2v) is 5.47. The molecule has 1 N–H and O–H groups in total. The Balaban J connectivity index is 2.04. The minimum absolute atomic E-state index is 0.554. The summed E-state index contributed by atoms with van der Waals surface area (Å²) < 4.78 is 0. The third kappa shape index (κ3) is 2.27. The molecule has 0 saturated carbocycles. The first-order valence-corrected chi connectivity index (χ1v) is 7.26. The van der Waals surface area contributed by atoms with Gasteiger partial charge in [0.15, 0.2) is 0 Å². The highest BCUT2D eigenvalue weighted by Gasteiger charge is 2.15. The third-order valence-electron chi connectivity index (χ3n) is 3.36. The van der Waals surface area contributed by atoms with Crippen molar-refractivity contribution in [2.75, 3.05) is 0 Å². The number of aryl methyl sites for hydroxylation is 1. The summed E-state index contributed by atoms with van der Waals surface area (Å²) in [6.45, 7) is 2.11.